The van der Waals surface area contributed by atoms with Crippen molar-refractivity contribution >= 4 is 23.6 Å². The molecule has 0 bridgehead atoms. The number of carbonyl (C=O) groups is 4. The van der Waals surface area contributed by atoms with E-state index in [9.17, 15) is 19.2 Å². The van der Waals surface area contributed by atoms with E-state index in [1.807, 2.05) is 73.5 Å². The van der Waals surface area contributed by atoms with Crippen molar-refractivity contribution in [3.05, 3.63) is 119 Å². The van der Waals surface area contributed by atoms with Gasteiger partial charge in [-0.2, -0.15) is 0 Å². The zero-order valence-corrected chi connectivity index (χ0v) is 38.4. The molecule has 3 aliphatic heterocycles. The van der Waals surface area contributed by atoms with Gasteiger partial charge < -0.3 is 39.9 Å². The molecule has 3 aromatic carbocycles. The normalized spacial score (nSPS) is 16.6. The van der Waals surface area contributed by atoms with Gasteiger partial charge in [-0.15, -0.1) is 12.3 Å². The fraction of sp³-hybridized carbons (Fsp3) is 0.358. The number of hydrogen-bond donors (Lipinski definition) is 4. The molecule has 14 heteroatoms. The minimum Gasteiger partial charge on any atom is -0.488 e. The zero-order valence-electron chi connectivity index (χ0n) is 38.4. The molecule has 67 heavy (non-hydrogen) atoms. The fourth-order valence-corrected chi connectivity index (χ4v) is 9.23. The Hall–Kier alpha value is -7.40. The lowest BCUT2D eigenvalue weighted by molar-refractivity contribution is -0.138. The SMILES string of the molecule is C#CCCN(Cc1ncc(-c2cc3c4c(c2)OCc2cc(-c5cnc([C@@H]6CCCN6C(=O)[C@H](NC(=O)C(C)C)C6=CCCC=C6)[nH]5)cc(c2-4)OC3)[nH]1)C(=O)[C@H](NC(=O)C(C)C)c1ccccc1. The van der Waals surface area contributed by atoms with Crippen LogP contribution in [-0.4, -0.2) is 72.5 Å². The second-order valence-electron chi connectivity index (χ2n) is 18.2. The van der Waals surface area contributed by atoms with Crippen molar-refractivity contribution in [2.24, 2.45) is 11.8 Å². The van der Waals surface area contributed by atoms with Crippen molar-refractivity contribution in [1.29, 1.82) is 0 Å². The maximum Gasteiger partial charge on any atom is 0.250 e. The maximum atomic E-state index is 14.2. The Balaban J connectivity index is 0.932. The van der Waals surface area contributed by atoms with E-state index in [2.05, 4.69) is 55.8 Å². The van der Waals surface area contributed by atoms with E-state index < -0.39 is 12.1 Å². The summed E-state index contributed by atoms with van der Waals surface area (Å²) in [5.41, 5.74) is 8.76. The van der Waals surface area contributed by atoms with E-state index in [4.69, 9.17) is 20.9 Å². The van der Waals surface area contributed by atoms with Gasteiger partial charge in [0.15, 0.2) is 0 Å². The fourth-order valence-electron chi connectivity index (χ4n) is 9.23. The predicted octanol–water partition coefficient (Wildman–Crippen LogP) is 7.86. The molecule has 0 saturated carbocycles. The molecule has 0 radical (unpaired) electrons. The Morgan fingerprint density at radius 2 is 1.49 bits per heavy atom. The van der Waals surface area contributed by atoms with Crippen LogP contribution >= 0.6 is 0 Å². The lowest BCUT2D eigenvalue weighted by Gasteiger charge is -2.30. The van der Waals surface area contributed by atoms with E-state index >= 15 is 0 Å². The zero-order chi connectivity index (χ0) is 46.8. The van der Waals surface area contributed by atoms with Crippen LogP contribution in [-0.2, 0) is 38.9 Å². The first-order valence-corrected chi connectivity index (χ1v) is 23.2. The number of rotatable bonds is 15. The van der Waals surface area contributed by atoms with E-state index in [0.717, 1.165) is 87.5 Å². The smallest absolute Gasteiger partial charge is 0.250 e. The molecule has 344 valence electrons. The van der Waals surface area contributed by atoms with Gasteiger partial charge in [0, 0.05) is 64.7 Å². The number of likely N-dealkylation sites (tertiary alicyclic amines) is 1. The summed E-state index contributed by atoms with van der Waals surface area (Å²) in [6, 6.07) is 15.5. The highest BCUT2D eigenvalue weighted by molar-refractivity contribution is 5.92. The van der Waals surface area contributed by atoms with Crippen LogP contribution in [0.1, 0.15) is 100 Å². The van der Waals surface area contributed by atoms with Crippen molar-refractivity contribution in [2.75, 3.05) is 13.1 Å². The molecule has 4 amide bonds. The molecule has 5 aromatic rings. The van der Waals surface area contributed by atoms with Gasteiger partial charge >= 0.3 is 0 Å². The van der Waals surface area contributed by atoms with E-state index in [1.165, 1.54) is 0 Å². The second-order valence-corrected chi connectivity index (χ2v) is 18.2. The number of imidazole rings is 2. The van der Waals surface area contributed by atoms with Crippen molar-refractivity contribution in [3.8, 4) is 57.5 Å². The van der Waals surface area contributed by atoms with Crippen LogP contribution in [0.3, 0.4) is 0 Å². The summed E-state index contributed by atoms with van der Waals surface area (Å²) in [6.07, 6.45) is 18.9. The lowest BCUT2D eigenvalue weighted by Crippen LogP contribution is -2.50. The largest absolute Gasteiger partial charge is 0.488 e. The summed E-state index contributed by atoms with van der Waals surface area (Å²) in [5, 5.41) is 5.96. The molecule has 4 aliphatic rings. The predicted molar refractivity (Wildman–Crippen MR) is 254 cm³/mol. The number of carbonyl (C=O) groups excluding carboxylic acids is 4. The van der Waals surface area contributed by atoms with Gasteiger partial charge in [-0.25, -0.2) is 9.97 Å². The molecular formula is C53H56N8O6. The molecule has 1 saturated heterocycles. The third-order valence-corrected chi connectivity index (χ3v) is 12.9. The van der Waals surface area contributed by atoms with Crippen LogP contribution in [0.25, 0.3) is 33.6 Å². The van der Waals surface area contributed by atoms with Crippen molar-refractivity contribution in [1.82, 2.24) is 40.4 Å². The average Bonchev–Trinajstić information content (AvgIpc) is 4.15. The number of allylic oxidation sites excluding steroid dienone is 2. The summed E-state index contributed by atoms with van der Waals surface area (Å²) >= 11 is 0. The number of nitrogens with zero attached hydrogens (tertiary/aromatic N) is 4. The Morgan fingerprint density at radius 3 is 2.12 bits per heavy atom. The van der Waals surface area contributed by atoms with E-state index in [1.54, 1.807) is 24.9 Å². The summed E-state index contributed by atoms with van der Waals surface area (Å²) in [6.45, 7) is 8.90. The number of ether oxygens (including phenoxy) is 2. The van der Waals surface area contributed by atoms with Crippen molar-refractivity contribution in [2.45, 2.75) is 97.7 Å². The van der Waals surface area contributed by atoms with Crippen molar-refractivity contribution < 1.29 is 28.7 Å². The van der Waals surface area contributed by atoms with Crippen LogP contribution < -0.4 is 20.1 Å². The number of amides is 4. The van der Waals surface area contributed by atoms with Gasteiger partial charge in [0.25, 0.3) is 0 Å². The topological polar surface area (TPSA) is 175 Å². The van der Waals surface area contributed by atoms with E-state index in [-0.39, 0.29) is 54.6 Å². The number of H-pyrrole nitrogens is 2. The Labute approximate surface area is 390 Å². The number of benzene rings is 3. The maximum absolute atomic E-state index is 14.2. The molecule has 4 N–H and O–H groups in total. The minimum atomic E-state index is -0.887. The second kappa shape index (κ2) is 19.2. The summed E-state index contributed by atoms with van der Waals surface area (Å²) in [7, 11) is 0. The number of hydrogen-bond acceptors (Lipinski definition) is 8. The Morgan fingerprint density at radius 1 is 0.851 bits per heavy atom. The van der Waals surface area contributed by atoms with Crippen molar-refractivity contribution in [3.63, 3.8) is 0 Å². The molecule has 0 spiro atoms. The van der Waals surface area contributed by atoms with Gasteiger partial charge in [-0.05, 0) is 61.1 Å². The average molecular weight is 901 g/mol. The summed E-state index contributed by atoms with van der Waals surface area (Å²) < 4.78 is 13.0. The number of aromatic amines is 2. The van der Waals surface area contributed by atoms with E-state index in [0.29, 0.717) is 43.4 Å². The molecule has 1 fully saturated rings. The highest BCUT2D eigenvalue weighted by atomic mass is 16.5. The van der Waals surface area contributed by atoms with Crippen LogP contribution in [0, 0.1) is 24.2 Å². The highest BCUT2D eigenvalue weighted by Crippen LogP contribution is 2.51. The van der Waals surface area contributed by atoms with Gasteiger partial charge in [0.05, 0.1) is 36.4 Å². The summed E-state index contributed by atoms with van der Waals surface area (Å²) in [4.78, 5) is 74.1. The van der Waals surface area contributed by atoms with Gasteiger partial charge in [0.1, 0.15) is 48.4 Å². The molecule has 9 rings (SSSR count). The quantitative estimate of drug-likeness (QED) is 0.0769. The Kier molecular flexibility index (Phi) is 12.8. The molecule has 5 heterocycles. The molecule has 0 unspecified atom stereocenters. The Bertz CT molecular complexity index is 2760. The van der Waals surface area contributed by atoms with Crippen LogP contribution in [0.5, 0.6) is 11.5 Å². The van der Waals surface area contributed by atoms with Gasteiger partial charge in [-0.3, -0.25) is 19.2 Å². The molecule has 1 aliphatic carbocycles. The third kappa shape index (κ3) is 9.23. The number of terminal acetylenes is 1. The molecule has 3 atom stereocenters. The third-order valence-electron chi connectivity index (χ3n) is 12.9. The van der Waals surface area contributed by atoms with Gasteiger partial charge in [-0.1, -0.05) is 76.3 Å². The first-order valence-electron chi connectivity index (χ1n) is 23.2. The standard InChI is InChI=1S/C53H56N8O6/c1-6-7-20-60(52(64)47(58-50(62)31(2)3)33-15-10-8-11-16-33)28-44-54-26-39(56-44)35-22-37-29-67-43-25-36(23-38-30-66-42(24-35)45(37)46(38)43)40-27-55-49(57-40)41-19-14-21-61(41)53(65)48(59-51(63)32(4)5)34-17-12-9-13-18-34/h1,8,10-12,15-18,22-27,31-32,41,47-48H,7,9,13-14,19-21,28-30H2,2-5H3,(H,54,56)(H,55,57)(H,58,62)(H,59,63)/t41-,47+,48+/m0/s1. The number of aromatic nitrogens is 4. The monoisotopic (exact) mass is 900 g/mol. The minimum absolute atomic E-state index is 0.126. The first-order chi connectivity index (χ1) is 32.5. The highest BCUT2D eigenvalue weighted by Gasteiger charge is 2.38. The lowest BCUT2D eigenvalue weighted by atomic mass is 9.87. The molecule has 2 aromatic heterocycles. The molecular weight excluding hydrogens is 845 g/mol. The van der Waals surface area contributed by atoms with Crippen LogP contribution in [0.15, 0.2) is 90.8 Å². The summed E-state index contributed by atoms with van der Waals surface area (Å²) in [5.74, 6) is 4.05. The van der Waals surface area contributed by atoms with Crippen LogP contribution in [0.4, 0.5) is 0 Å². The number of nitrogens with one attached hydrogen (secondary N) is 4. The van der Waals surface area contributed by atoms with Crippen LogP contribution in [0.2, 0.25) is 0 Å². The van der Waals surface area contributed by atoms with Gasteiger partial charge in [0.2, 0.25) is 23.6 Å². The first kappa shape index (κ1) is 44.8. The molecule has 14 nitrogen and oxygen atoms in total.